The fourth-order valence-electron chi connectivity index (χ4n) is 0.980. The van der Waals surface area contributed by atoms with E-state index in [0.717, 1.165) is 13.2 Å². The summed E-state index contributed by atoms with van der Waals surface area (Å²) < 4.78 is 5.27. The zero-order chi connectivity index (χ0) is 6.36. The van der Waals surface area contributed by atoms with Crippen molar-refractivity contribution >= 4 is 0 Å². The van der Waals surface area contributed by atoms with Crippen LogP contribution in [-0.2, 0) is 4.74 Å². The van der Waals surface area contributed by atoms with Gasteiger partial charge in [-0.05, 0) is 19.3 Å². The minimum Gasteiger partial charge on any atom is -0.377 e. The summed E-state index contributed by atoms with van der Waals surface area (Å²) >= 11 is 0. The Bertz CT molecular complexity index is 76.6. The van der Waals surface area contributed by atoms with Crippen molar-refractivity contribution in [2.45, 2.75) is 25.7 Å². The molecule has 1 heteroatoms. The number of hydrogen-bond donors (Lipinski definition) is 0. The van der Waals surface area contributed by atoms with Gasteiger partial charge in [0.25, 0.3) is 0 Å². The second-order valence-corrected chi connectivity index (χ2v) is 2.40. The maximum absolute atomic E-state index is 5.27. The number of ether oxygens (including phenoxy) is 1. The number of rotatable bonds is 0. The Kier molecular flexibility index (Phi) is 3.46. The maximum atomic E-state index is 5.27. The van der Waals surface area contributed by atoms with Gasteiger partial charge >= 0.3 is 0 Å². The van der Waals surface area contributed by atoms with Crippen LogP contribution >= 0.6 is 0 Å². The third-order valence-corrected chi connectivity index (χ3v) is 1.54. The minimum absolute atomic E-state index is 0.819. The lowest BCUT2D eigenvalue weighted by Crippen LogP contribution is -1.92. The average molecular weight is 126 g/mol. The molecule has 0 aliphatic carbocycles. The highest BCUT2D eigenvalue weighted by atomic mass is 16.5. The van der Waals surface area contributed by atoms with Gasteiger partial charge in [-0.2, -0.15) is 0 Å². The predicted molar refractivity (Wildman–Crippen MR) is 38.4 cm³/mol. The summed E-state index contributed by atoms with van der Waals surface area (Å²) in [5.74, 6) is 0. The van der Waals surface area contributed by atoms with E-state index in [2.05, 4.69) is 12.2 Å². The molecule has 0 saturated carbocycles. The molecule has 0 aromatic heterocycles. The topological polar surface area (TPSA) is 9.23 Å². The summed E-state index contributed by atoms with van der Waals surface area (Å²) in [7, 11) is 0. The Morgan fingerprint density at radius 2 is 2.00 bits per heavy atom. The van der Waals surface area contributed by atoms with Crippen LogP contribution in [0.2, 0.25) is 0 Å². The van der Waals surface area contributed by atoms with Gasteiger partial charge in [-0.15, -0.1) is 0 Å². The normalized spacial score (nSPS) is 25.8. The molecule has 1 aliphatic rings. The summed E-state index contributed by atoms with van der Waals surface area (Å²) in [4.78, 5) is 0. The van der Waals surface area contributed by atoms with Gasteiger partial charge in [0, 0.05) is 6.61 Å². The van der Waals surface area contributed by atoms with Crippen LogP contribution < -0.4 is 0 Å². The lowest BCUT2D eigenvalue weighted by atomic mass is 10.2. The molecule has 9 heavy (non-hydrogen) atoms. The molecule has 0 N–H and O–H groups in total. The smallest absolute Gasteiger partial charge is 0.0647 e. The molecule has 0 unspecified atom stereocenters. The van der Waals surface area contributed by atoms with Crippen LogP contribution in [0.15, 0.2) is 12.2 Å². The second-order valence-electron chi connectivity index (χ2n) is 2.40. The molecule has 1 rings (SSSR count). The summed E-state index contributed by atoms with van der Waals surface area (Å²) in [5.41, 5.74) is 0. The Morgan fingerprint density at radius 3 is 3.00 bits per heavy atom. The monoisotopic (exact) mass is 126 g/mol. The van der Waals surface area contributed by atoms with E-state index >= 15 is 0 Å². The van der Waals surface area contributed by atoms with Crippen LogP contribution in [0.1, 0.15) is 25.7 Å². The van der Waals surface area contributed by atoms with Gasteiger partial charge in [0.1, 0.15) is 0 Å². The van der Waals surface area contributed by atoms with Gasteiger partial charge in [0.2, 0.25) is 0 Å². The van der Waals surface area contributed by atoms with E-state index in [-0.39, 0.29) is 0 Å². The number of hydrogen-bond acceptors (Lipinski definition) is 1. The standard InChI is InChI=1S/C8H14O/c1-2-4-6-8-9-7-5-3-1/h3,5H,1-2,4,6-8H2/b5-3+. The van der Waals surface area contributed by atoms with Crippen molar-refractivity contribution in [3.8, 4) is 0 Å². The summed E-state index contributed by atoms with van der Waals surface area (Å²) in [6.07, 6.45) is 9.46. The van der Waals surface area contributed by atoms with Gasteiger partial charge in [-0.1, -0.05) is 18.6 Å². The molecule has 0 bridgehead atoms. The molecule has 1 aliphatic heterocycles. The van der Waals surface area contributed by atoms with Crippen molar-refractivity contribution in [2.75, 3.05) is 13.2 Å². The Labute approximate surface area is 56.7 Å². The molecular formula is C8H14O. The molecular weight excluding hydrogens is 112 g/mol. The zero-order valence-electron chi connectivity index (χ0n) is 5.81. The lowest BCUT2D eigenvalue weighted by molar-refractivity contribution is 0.158. The summed E-state index contributed by atoms with van der Waals surface area (Å²) in [6, 6.07) is 0. The van der Waals surface area contributed by atoms with Crippen LogP contribution in [0.3, 0.4) is 0 Å². The highest BCUT2D eigenvalue weighted by Crippen LogP contribution is 2.02. The fraction of sp³-hybridized carbons (Fsp3) is 0.750. The Hall–Kier alpha value is -0.300. The minimum atomic E-state index is 0.819. The van der Waals surface area contributed by atoms with Crippen molar-refractivity contribution in [1.82, 2.24) is 0 Å². The summed E-state index contributed by atoms with van der Waals surface area (Å²) in [5, 5.41) is 0. The van der Waals surface area contributed by atoms with E-state index in [4.69, 9.17) is 4.74 Å². The van der Waals surface area contributed by atoms with Gasteiger partial charge in [-0.3, -0.25) is 0 Å². The maximum Gasteiger partial charge on any atom is 0.0647 e. The highest BCUT2D eigenvalue weighted by molar-refractivity contribution is 4.81. The zero-order valence-corrected chi connectivity index (χ0v) is 5.81. The van der Waals surface area contributed by atoms with Crippen LogP contribution in [0.25, 0.3) is 0 Å². The predicted octanol–water partition coefficient (Wildman–Crippen LogP) is 2.13. The Morgan fingerprint density at radius 1 is 1.00 bits per heavy atom. The van der Waals surface area contributed by atoms with Crippen LogP contribution in [0.5, 0.6) is 0 Å². The third kappa shape index (κ3) is 3.31. The van der Waals surface area contributed by atoms with Crippen molar-refractivity contribution in [3.63, 3.8) is 0 Å². The first-order valence-corrected chi connectivity index (χ1v) is 3.73. The number of allylic oxidation sites excluding steroid dienone is 1. The second kappa shape index (κ2) is 4.57. The summed E-state index contributed by atoms with van der Waals surface area (Å²) in [6.45, 7) is 1.77. The van der Waals surface area contributed by atoms with E-state index in [1.807, 2.05) is 0 Å². The molecule has 1 heterocycles. The lowest BCUT2D eigenvalue weighted by Gasteiger charge is -1.96. The third-order valence-electron chi connectivity index (χ3n) is 1.54. The SMILES string of the molecule is C1=C/COCCCCC/1. The van der Waals surface area contributed by atoms with E-state index in [9.17, 15) is 0 Å². The Balaban J connectivity index is 2.15. The molecule has 0 atom stereocenters. The van der Waals surface area contributed by atoms with Crippen molar-refractivity contribution in [3.05, 3.63) is 12.2 Å². The van der Waals surface area contributed by atoms with E-state index in [0.29, 0.717) is 0 Å². The largest absolute Gasteiger partial charge is 0.377 e. The highest BCUT2D eigenvalue weighted by Gasteiger charge is 1.90. The van der Waals surface area contributed by atoms with E-state index < -0.39 is 0 Å². The van der Waals surface area contributed by atoms with Crippen LogP contribution in [-0.4, -0.2) is 13.2 Å². The molecule has 0 amide bonds. The van der Waals surface area contributed by atoms with Gasteiger partial charge in [0.15, 0.2) is 0 Å². The first-order chi connectivity index (χ1) is 4.50. The van der Waals surface area contributed by atoms with Gasteiger partial charge in [0.05, 0.1) is 6.61 Å². The van der Waals surface area contributed by atoms with Crippen molar-refractivity contribution in [2.24, 2.45) is 0 Å². The van der Waals surface area contributed by atoms with Crippen molar-refractivity contribution in [1.29, 1.82) is 0 Å². The molecule has 0 radical (unpaired) electrons. The van der Waals surface area contributed by atoms with E-state index in [1.54, 1.807) is 0 Å². The molecule has 1 nitrogen and oxygen atoms in total. The molecule has 0 saturated heterocycles. The molecule has 0 aromatic carbocycles. The molecule has 0 aromatic rings. The molecule has 0 spiro atoms. The fourth-order valence-corrected chi connectivity index (χ4v) is 0.980. The van der Waals surface area contributed by atoms with Crippen LogP contribution in [0, 0.1) is 0 Å². The van der Waals surface area contributed by atoms with E-state index in [1.165, 1.54) is 25.7 Å². The molecule has 0 fully saturated rings. The van der Waals surface area contributed by atoms with Crippen LogP contribution in [0.4, 0.5) is 0 Å². The van der Waals surface area contributed by atoms with Gasteiger partial charge < -0.3 is 4.74 Å². The quantitative estimate of drug-likeness (QED) is 0.452. The molecule has 52 valence electrons. The first-order valence-electron chi connectivity index (χ1n) is 3.73. The van der Waals surface area contributed by atoms with Crippen molar-refractivity contribution < 1.29 is 4.74 Å². The first kappa shape index (κ1) is 6.81. The van der Waals surface area contributed by atoms with Gasteiger partial charge in [-0.25, -0.2) is 0 Å². The average Bonchev–Trinajstić information content (AvgIpc) is 2.00.